The Morgan fingerprint density at radius 2 is 2.14 bits per heavy atom. The van der Waals surface area contributed by atoms with E-state index >= 15 is 0 Å². The fourth-order valence-electron chi connectivity index (χ4n) is 1.12. The topological polar surface area (TPSA) is 17.1 Å². The molecule has 0 aliphatic carbocycles. The minimum absolute atomic E-state index is 0.241. The van der Waals surface area contributed by atoms with Crippen molar-refractivity contribution < 1.29 is 4.79 Å². The molecule has 0 unspecified atom stereocenters. The number of benzene rings is 1. The van der Waals surface area contributed by atoms with Crippen LogP contribution in [0.1, 0.15) is 12.5 Å². The molecule has 76 valence electrons. The lowest BCUT2D eigenvalue weighted by atomic mass is 10.1. The fourth-order valence-corrected chi connectivity index (χ4v) is 1.86. The molecule has 1 aromatic rings. The van der Waals surface area contributed by atoms with Crippen LogP contribution in [0.3, 0.4) is 0 Å². The van der Waals surface area contributed by atoms with Crippen molar-refractivity contribution in [3.8, 4) is 0 Å². The number of hydrogen-bond acceptors (Lipinski definition) is 2. The van der Waals surface area contributed by atoms with Crippen molar-refractivity contribution in [1.29, 1.82) is 0 Å². The molecule has 0 N–H and O–H groups in total. The molecule has 1 nitrogen and oxygen atoms in total. The molecule has 0 saturated heterocycles. The molecule has 0 aliphatic rings. The van der Waals surface area contributed by atoms with Gasteiger partial charge in [-0.05, 0) is 17.4 Å². The van der Waals surface area contributed by atoms with Crippen molar-refractivity contribution in [2.45, 2.75) is 13.3 Å². The first kappa shape index (κ1) is 11.6. The molecule has 0 amide bonds. The number of carbonyl (C=O) groups is 1. The number of halogens is 1. The predicted octanol–water partition coefficient (Wildman–Crippen LogP) is 3.20. The van der Waals surface area contributed by atoms with Gasteiger partial charge in [0.05, 0.1) is 5.75 Å². The van der Waals surface area contributed by atoms with Crippen molar-refractivity contribution in [1.82, 2.24) is 0 Å². The van der Waals surface area contributed by atoms with E-state index in [4.69, 9.17) is 11.6 Å². The van der Waals surface area contributed by atoms with E-state index in [9.17, 15) is 4.79 Å². The van der Waals surface area contributed by atoms with Crippen molar-refractivity contribution in [2.75, 3.05) is 11.5 Å². The molecule has 0 fully saturated rings. The molecule has 0 spiro atoms. The molecule has 0 aromatic heterocycles. The fraction of sp³-hybridized carbons (Fsp3) is 0.364. The summed E-state index contributed by atoms with van der Waals surface area (Å²) in [4.78, 5) is 11.4. The summed E-state index contributed by atoms with van der Waals surface area (Å²) in [5.41, 5.74) is 0.927. The Morgan fingerprint density at radius 3 is 2.79 bits per heavy atom. The van der Waals surface area contributed by atoms with Crippen molar-refractivity contribution >= 4 is 29.1 Å². The molecule has 14 heavy (non-hydrogen) atoms. The summed E-state index contributed by atoms with van der Waals surface area (Å²) >= 11 is 7.59. The first-order chi connectivity index (χ1) is 6.74. The maximum atomic E-state index is 11.4. The number of carbonyl (C=O) groups excluding carboxylic acids is 1. The maximum Gasteiger partial charge on any atom is 0.147 e. The van der Waals surface area contributed by atoms with Crippen LogP contribution in [0.2, 0.25) is 5.02 Å². The highest BCUT2D eigenvalue weighted by Crippen LogP contribution is 2.16. The molecule has 0 heterocycles. The molecular weight excluding hydrogens is 216 g/mol. The maximum absolute atomic E-state index is 11.4. The Bertz CT molecular complexity index is 312. The zero-order chi connectivity index (χ0) is 10.4. The minimum Gasteiger partial charge on any atom is -0.298 e. The van der Waals surface area contributed by atoms with E-state index in [1.54, 1.807) is 11.8 Å². The molecule has 1 rings (SSSR count). The molecule has 0 atom stereocenters. The summed E-state index contributed by atoms with van der Waals surface area (Å²) < 4.78 is 0. The summed E-state index contributed by atoms with van der Waals surface area (Å²) in [7, 11) is 0. The van der Waals surface area contributed by atoms with Crippen LogP contribution in [0.15, 0.2) is 24.3 Å². The van der Waals surface area contributed by atoms with Gasteiger partial charge in [0.25, 0.3) is 0 Å². The predicted molar refractivity (Wildman–Crippen MR) is 63.2 cm³/mol. The highest BCUT2D eigenvalue weighted by atomic mass is 35.5. The average molecular weight is 229 g/mol. The monoisotopic (exact) mass is 228 g/mol. The van der Waals surface area contributed by atoms with Gasteiger partial charge in [-0.2, -0.15) is 11.8 Å². The van der Waals surface area contributed by atoms with Crippen LogP contribution in [0.25, 0.3) is 0 Å². The smallest absolute Gasteiger partial charge is 0.147 e. The van der Waals surface area contributed by atoms with Crippen LogP contribution in [0.5, 0.6) is 0 Å². The van der Waals surface area contributed by atoms with Gasteiger partial charge in [-0.15, -0.1) is 0 Å². The van der Waals surface area contributed by atoms with E-state index in [-0.39, 0.29) is 5.78 Å². The lowest BCUT2D eigenvalue weighted by molar-refractivity contribution is -0.116. The number of thioether (sulfide) groups is 1. The summed E-state index contributed by atoms with van der Waals surface area (Å²) in [5, 5.41) is 0.683. The van der Waals surface area contributed by atoms with Gasteiger partial charge in [-0.3, -0.25) is 4.79 Å². The largest absolute Gasteiger partial charge is 0.298 e. The number of ketones is 1. The SMILES string of the molecule is CCSCC(=O)Cc1ccccc1Cl. The third-order valence-corrected chi connectivity index (χ3v) is 3.12. The van der Waals surface area contributed by atoms with Crippen LogP contribution in [0.4, 0.5) is 0 Å². The lowest BCUT2D eigenvalue weighted by Crippen LogP contribution is -2.06. The van der Waals surface area contributed by atoms with Crippen LogP contribution in [0, 0.1) is 0 Å². The Hall–Kier alpha value is -0.470. The van der Waals surface area contributed by atoms with E-state index < -0.39 is 0 Å². The Labute approximate surface area is 93.8 Å². The van der Waals surface area contributed by atoms with Gasteiger partial charge in [0.15, 0.2) is 0 Å². The van der Waals surface area contributed by atoms with Crippen LogP contribution < -0.4 is 0 Å². The summed E-state index contributed by atoms with van der Waals surface area (Å²) in [6, 6.07) is 7.49. The molecule has 0 radical (unpaired) electrons. The van der Waals surface area contributed by atoms with Crippen molar-refractivity contribution in [3.05, 3.63) is 34.9 Å². The second-order valence-corrected chi connectivity index (χ2v) is 4.63. The molecule has 0 saturated carbocycles. The third kappa shape index (κ3) is 3.72. The quantitative estimate of drug-likeness (QED) is 0.770. The first-order valence-corrected chi connectivity index (χ1v) is 6.10. The van der Waals surface area contributed by atoms with E-state index in [2.05, 4.69) is 0 Å². The van der Waals surface area contributed by atoms with Crippen molar-refractivity contribution in [3.63, 3.8) is 0 Å². The van der Waals surface area contributed by atoms with Gasteiger partial charge >= 0.3 is 0 Å². The molecule has 0 aliphatic heterocycles. The van der Waals surface area contributed by atoms with Gasteiger partial charge in [-0.1, -0.05) is 36.7 Å². The highest BCUT2D eigenvalue weighted by Gasteiger charge is 2.05. The number of rotatable bonds is 5. The normalized spacial score (nSPS) is 10.1. The standard InChI is InChI=1S/C11H13ClOS/c1-2-14-8-10(13)7-9-5-3-4-6-11(9)12/h3-6H,2,7-8H2,1H3. The second-order valence-electron chi connectivity index (χ2n) is 2.94. The second kappa shape index (κ2) is 6.10. The van der Waals surface area contributed by atoms with Crippen LogP contribution >= 0.6 is 23.4 Å². The van der Waals surface area contributed by atoms with Gasteiger partial charge < -0.3 is 0 Å². The number of hydrogen-bond donors (Lipinski definition) is 0. The zero-order valence-electron chi connectivity index (χ0n) is 8.13. The minimum atomic E-state index is 0.241. The molecule has 1 aromatic carbocycles. The van der Waals surface area contributed by atoms with Crippen LogP contribution in [-0.4, -0.2) is 17.3 Å². The summed E-state index contributed by atoms with van der Waals surface area (Å²) in [6.07, 6.45) is 0.451. The Kier molecular flexibility index (Phi) is 5.05. The van der Waals surface area contributed by atoms with E-state index in [1.165, 1.54) is 0 Å². The molecular formula is C11H13ClOS. The highest BCUT2D eigenvalue weighted by molar-refractivity contribution is 7.99. The number of Topliss-reactive ketones (excluding diaryl/α,β-unsaturated/α-hetero) is 1. The first-order valence-electron chi connectivity index (χ1n) is 4.57. The molecule has 0 bridgehead atoms. The Morgan fingerprint density at radius 1 is 1.43 bits per heavy atom. The summed E-state index contributed by atoms with van der Waals surface area (Å²) in [5.74, 6) is 1.81. The molecule has 3 heteroatoms. The average Bonchev–Trinajstić information content (AvgIpc) is 2.18. The van der Waals surface area contributed by atoms with E-state index in [0.717, 1.165) is 11.3 Å². The lowest BCUT2D eigenvalue weighted by Gasteiger charge is -2.02. The van der Waals surface area contributed by atoms with Crippen molar-refractivity contribution in [2.24, 2.45) is 0 Å². The zero-order valence-corrected chi connectivity index (χ0v) is 9.70. The van der Waals surface area contributed by atoms with Gasteiger partial charge in [0.1, 0.15) is 5.78 Å². The summed E-state index contributed by atoms with van der Waals surface area (Å²) in [6.45, 7) is 2.05. The van der Waals surface area contributed by atoms with Gasteiger partial charge in [0, 0.05) is 11.4 Å². The Balaban J connectivity index is 2.52. The van der Waals surface area contributed by atoms with Crippen LogP contribution in [-0.2, 0) is 11.2 Å². The van der Waals surface area contributed by atoms with Gasteiger partial charge in [0.2, 0.25) is 0 Å². The van der Waals surface area contributed by atoms with E-state index in [0.29, 0.717) is 17.2 Å². The van der Waals surface area contributed by atoms with E-state index in [1.807, 2.05) is 31.2 Å². The van der Waals surface area contributed by atoms with Gasteiger partial charge in [-0.25, -0.2) is 0 Å². The third-order valence-electron chi connectivity index (χ3n) is 1.81.